The number of aliphatic carboxylic acids is 1. The van der Waals surface area contributed by atoms with Crippen molar-refractivity contribution >= 4 is 105 Å². The number of benzene rings is 2. The quantitative estimate of drug-likeness (QED) is 0.115. The van der Waals surface area contributed by atoms with E-state index in [0.29, 0.717) is 72.3 Å². The molecule has 10 atom stereocenters. The average molecular weight is 1340 g/mol. The number of amides is 3. The molecule has 6 heterocycles. The van der Waals surface area contributed by atoms with E-state index in [1.54, 1.807) is 50.5 Å². The summed E-state index contributed by atoms with van der Waals surface area (Å²) in [6.45, 7) is 13.5. The molecule has 4 aromatic rings. The van der Waals surface area contributed by atoms with Gasteiger partial charge in [0.1, 0.15) is 18.0 Å². The Hall–Kier alpha value is -4.85. The lowest BCUT2D eigenvalue weighted by atomic mass is 9.51. The maximum atomic E-state index is 16.1. The van der Waals surface area contributed by atoms with E-state index in [9.17, 15) is 33.9 Å². The summed E-state index contributed by atoms with van der Waals surface area (Å²) in [7, 11) is 3.41. The minimum Gasteiger partial charge on any atom is -0.481 e. The van der Waals surface area contributed by atoms with Crippen LogP contribution in [0.2, 0.25) is 20.4 Å². The Morgan fingerprint density at radius 3 is 1.52 bits per heavy atom. The number of carboxylic acid groups (broad SMARTS) is 1. The summed E-state index contributed by atoms with van der Waals surface area (Å²) in [4.78, 5) is 89.0. The van der Waals surface area contributed by atoms with Gasteiger partial charge in [-0.2, -0.15) is 0 Å². The molecule has 90 heavy (non-hydrogen) atoms. The lowest BCUT2D eigenvalue weighted by Crippen LogP contribution is -2.52. The third kappa shape index (κ3) is 12.4. The van der Waals surface area contributed by atoms with Gasteiger partial charge >= 0.3 is 5.97 Å². The highest BCUT2D eigenvalue weighted by Gasteiger charge is 2.74. The number of nitrogens with one attached hydrogen (secondary N) is 2. The van der Waals surface area contributed by atoms with Crippen molar-refractivity contribution in [1.29, 1.82) is 0 Å². The van der Waals surface area contributed by atoms with Crippen LogP contribution in [-0.2, 0) is 49.1 Å². The second-order valence-electron chi connectivity index (χ2n) is 28.6. The molecule has 4 spiro atoms. The minimum atomic E-state index is -1.25. The number of Topliss-reactive ketones (excluding diaryl/α,β-unsaturated/α-hetero) is 2. The fourth-order valence-corrected chi connectivity index (χ4v) is 17.7. The number of halogens is 7. The van der Waals surface area contributed by atoms with Crippen molar-refractivity contribution in [3.8, 4) is 0 Å². The van der Waals surface area contributed by atoms with Gasteiger partial charge in [-0.3, -0.25) is 28.8 Å². The number of fused-ring (bicyclic) bond motifs is 6. The summed E-state index contributed by atoms with van der Waals surface area (Å²) in [6.07, 6.45) is 12.3. The predicted molar refractivity (Wildman–Crippen MR) is 345 cm³/mol. The van der Waals surface area contributed by atoms with E-state index in [2.05, 4.69) is 48.3 Å². The van der Waals surface area contributed by atoms with E-state index in [-0.39, 0.29) is 111 Å². The van der Waals surface area contributed by atoms with Gasteiger partial charge in [0.2, 0.25) is 11.8 Å². The van der Waals surface area contributed by atoms with Gasteiger partial charge in [-0.15, -0.1) is 12.4 Å². The second-order valence-corrected chi connectivity index (χ2v) is 30.2. The average Bonchev–Trinajstić information content (AvgIpc) is 1.51. The molecule has 4 aliphatic carbocycles. The highest BCUT2D eigenvalue weighted by Crippen LogP contribution is 2.74. The molecule has 0 bridgehead atoms. The molecule has 488 valence electrons. The van der Waals surface area contributed by atoms with Crippen LogP contribution in [0.15, 0.2) is 60.9 Å². The summed E-state index contributed by atoms with van der Waals surface area (Å²) in [6, 6.07) is 13.8. The fraction of sp³-hybridized carbons (Fsp3) is 0.588. The highest BCUT2D eigenvalue weighted by atomic mass is 35.5. The van der Waals surface area contributed by atoms with E-state index in [1.165, 1.54) is 23.4 Å². The number of carbonyl (C=O) groups is 6. The number of nitrogens with zero attached hydrogens (tertiary/aromatic N) is 3. The molecule has 8 aliphatic rings. The van der Waals surface area contributed by atoms with Crippen LogP contribution >= 0.6 is 58.8 Å². The third-order valence-corrected chi connectivity index (χ3v) is 22.7. The number of ether oxygens (including phenoxy) is 2. The molecule has 12 rings (SSSR count). The Morgan fingerprint density at radius 1 is 0.667 bits per heavy atom. The first kappa shape index (κ1) is 69.5. The van der Waals surface area contributed by atoms with Crippen LogP contribution in [0.3, 0.4) is 0 Å². The Kier molecular flexibility index (Phi) is 20.5. The van der Waals surface area contributed by atoms with Crippen LogP contribution in [0.5, 0.6) is 0 Å². The molecule has 1 unspecified atom stereocenters. The molecule has 22 heteroatoms. The standard InChI is InChI=1S/C34H40Cl2FN3O4.C25H25Cl2FN2O3.C9H17NO2.ClH/c1-32(2)10-12-33(13-11-32)17-22(25(41)15-19-5-8-26(44-18-19)30(42)40(3)4)27(21-9-14-38-29(36)28(21)37)34(33)23-7-6-20(35)16-24(23)39-31(34)43;1-23(2)6-8-24(9-7-23)12-15(21(31)32)18(14-5-10-29-20(27)19(14)28)25(24)16-4-3-13(26)11-17(16)30-22(25)33;1-6(2)9(11)8-4-3-7(10)5-12-8;/h6-7,9,14,16,19,22,26-27H,5,8,10-13,15,17-18H2,1-4H3,(H,39,43);3-5,10-11,15,18H,6-9,12H2,1-2H3,(H,30,33)(H,31,32);6-8H,3-5,10H2,1-2H3;1H/t19-,22-,26-,27-,34+;15-,18+,25?;7-,8+;/m011./s1. The first-order chi connectivity index (χ1) is 41.9. The number of carboxylic acids is 1. The Balaban J connectivity index is 0.000000183. The van der Waals surface area contributed by atoms with Crippen LogP contribution in [0.4, 0.5) is 20.2 Å². The summed E-state index contributed by atoms with van der Waals surface area (Å²) in [5.41, 5.74) is 5.17. The Labute approximate surface area is 552 Å². The molecule has 2 saturated heterocycles. The zero-order chi connectivity index (χ0) is 64.5. The van der Waals surface area contributed by atoms with E-state index < -0.39 is 69.0 Å². The van der Waals surface area contributed by atoms with E-state index in [1.807, 2.05) is 19.9 Å². The monoisotopic (exact) mass is 1340 g/mol. The minimum absolute atomic E-state index is 0. The molecule has 15 nitrogen and oxygen atoms in total. The summed E-state index contributed by atoms with van der Waals surface area (Å²) in [5.74, 6) is -6.17. The maximum absolute atomic E-state index is 16.1. The zero-order valence-electron chi connectivity index (χ0n) is 52.3. The molecule has 0 radical (unpaired) electrons. The molecule has 2 aromatic carbocycles. The molecule has 5 N–H and O–H groups in total. The second kappa shape index (κ2) is 26.5. The van der Waals surface area contributed by atoms with Crippen LogP contribution in [-0.4, -0.2) is 101 Å². The van der Waals surface area contributed by atoms with Crippen molar-refractivity contribution in [2.45, 2.75) is 179 Å². The number of pyridine rings is 2. The number of aromatic nitrogens is 2. The van der Waals surface area contributed by atoms with Gasteiger partial charge in [0.05, 0.1) is 30.0 Å². The van der Waals surface area contributed by atoms with Crippen molar-refractivity contribution in [2.75, 3.05) is 37.9 Å². The topological polar surface area (TPSA) is 220 Å². The molecular formula is C68H83Cl5F2N6O9. The van der Waals surface area contributed by atoms with Crippen molar-refractivity contribution in [2.24, 2.45) is 51.1 Å². The number of carbonyl (C=O) groups excluding carboxylic acids is 5. The van der Waals surface area contributed by atoms with Gasteiger partial charge in [-0.1, -0.05) is 100 Å². The fourth-order valence-electron chi connectivity index (χ4n) is 17.0. The van der Waals surface area contributed by atoms with Crippen molar-refractivity contribution in [1.82, 2.24) is 14.9 Å². The van der Waals surface area contributed by atoms with Gasteiger partial charge in [0.25, 0.3) is 5.91 Å². The number of rotatable bonds is 9. The number of ketones is 2. The lowest BCUT2D eigenvalue weighted by Gasteiger charge is -2.51. The lowest BCUT2D eigenvalue weighted by molar-refractivity contribution is -0.146. The highest BCUT2D eigenvalue weighted by molar-refractivity contribution is 6.32. The summed E-state index contributed by atoms with van der Waals surface area (Å²) in [5, 5.41) is 16.7. The number of hydrogen-bond acceptors (Lipinski definition) is 11. The number of nitrogens with two attached hydrogens (primary N) is 1. The van der Waals surface area contributed by atoms with Crippen molar-refractivity contribution in [3.05, 3.63) is 115 Å². The zero-order valence-corrected chi connectivity index (χ0v) is 56.1. The van der Waals surface area contributed by atoms with Crippen molar-refractivity contribution in [3.63, 3.8) is 0 Å². The molecule has 4 saturated carbocycles. The molecular weight excluding hydrogens is 1260 g/mol. The summed E-state index contributed by atoms with van der Waals surface area (Å²) < 4.78 is 42.8. The predicted octanol–water partition coefficient (Wildman–Crippen LogP) is 14.3. The van der Waals surface area contributed by atoms with Gasteiger partial charge in [0, 0.05) is 84.0 Å². The van der Waals surface area contributed by atoms with E-state index >= 15 is 8.78 Å². The van der Waals surface area contributed by atoms with E-state index in [4.69, 9.17) is 61.6 Å². The molecule has 6 fully saturated rings. The maximum Gasteiger partial charge on any atom is 0.307 e. The van der Waals surface area contributed by atoms with Gasteiger partial charge in [0.15, 0.2) is 27.7 Å². The largest absolute Gasteiger partial charge is 0.481 e. The van der Waals surface area contributed by atoms with Gasteiger partial charge in [-0.25, -0.2) is 18.7 Å². The number of likely N-dealkylation sites (N-methyl/N-ethyl adjacent to an activating group) is 1. The Bertz CT molecular complexity index is 3430. The first-order valence-electron chi connectivity index (χ1n) is 31.2. The van der Waals surface area contributed by atoms with Crippen LogP contribution in [0.1, 0.15) is 172 Å². The van der Waals surface area contributed by atoms with E-state index in [0.717, 1.165) is 56.9 Å². The summed E-state index contributed by atoms with van der Waals surface area (Å²) >= 11 is 24.9. The molecule has 3 amide bonds. The van der Waals surface area contributed by atoms with Crippen LogP contribution in [0, 0.1) is 57.0 Å². The van der Waals surface area contributed by atoms with Gasteiger partial charge < -0.3 is 35.8 Å². The van der Waals surface area contributed by atoms with Crippen LogP contribution in [0.25, 0.3) is 0 Å². The number of anilines is 2. The van der Waals surface area contributed by atoms with Crippen molar-refractivity contribution < 1.29 is 52.1 Å². The smallest absolute Gasteiger partial charge is 0.307 e. The normalized spacial score (nSPS) is 29.6. The third-order valence-electron chi connectivity index (χ3n) is 21.7. The van der Waals surface area contributed by atoms with Gasteiger partial charge in [-0.05, 0) is 176 Å². The van der Waals surface area contributed by atoms with Crippen LogP contribution < -0.4 is 16.4 Å². The first-order valence-corrected chi connectivity index (χ1v) is 32.8. The Morgan fingerprint density at radius 2 is 1.11 bits per heavy atom. The molecule has 2 aromatic heterocycles. The molecule has 4 aliphatic heterocycles. The SMILES string of the molecule is CC(C)C(=O)[C@@H]1CC[C@@H](N)CO1.CC1(C)CCC2(CC1)C[C@@H](C(=O)O)[C@H](c1ccnc(Cl)c1F)C21C(=O)Nc2cc(Cl)ccc21.CN(C)C(=O)[C@@H]1CC[C@@H](CC(=O)[C@@H]2CC3(CCC(C)(C)CC3)[C@@]3(C(=O)Nc4cc(Cl)ccc43)[C@H]2c2ccnc(Cl)c2F)CO1.Cl. The number of hydrogen-bond donors (Lipinski definition) is 4.